The van der Waals surface area contributed by atoms with Gasteiger partial charge in [-0.05, 0) is 11.6 Å². The van der Waals surface area contributed by atoms with Crippen molar-refractivity contribution in [2.75, 3.05) is 0 Å². The van der Waals surface area contributed by atoms with Gasteiger partial charge in [-0.25, -0.2) is 9.67 Å². The third-order valence-electron chi connectivity index (χ3n) is 2.79. The van der Waals surface area contributed by atoms with Crippen LogP contribution in [0.3, 0.4) is 0 Å². The van der Waals surface area contributed by atoms with Gasteiger partial charge in [-0.1, -0.05) is 32.0 Å². The van der Waals surface area contributed by atoms with E-state index in [0.29, 0.717) is 6.54 Å². The molecule has 0 spiro atoms. The molecule has 17 heavy (non-hydrogen) atoms. The Labute approximate surface area is 101 Å². The van der Waals surface area contributed by atoms with E-state index in [0.717, 1.165) is 35.7 Å². The van der Waals surface area contributed by atoms with Crippen molar-refractivity contribution >= 4 is 0 Å². The molecule has 1 aromatic heterocycles. The van der Waals surface area contributed by atoms with Crippen LogP contribution in [0.4, 0.5) is 0 Å². The average Bonchev–Trinajstić information content (AvgIpc) is 2.81. The van der Waals surface area contributed by atoms with E-state index < -0.39 is 0 Å². The molecule has 0 amide bonds. The molecule has 0 saturated heterocycles. The molecule has 0 aliphatic rings. The molecule has 0 unspecified atom stereocenters. The van der Waals surface area contributed by atoms with Gasteiger partial charge in [0.1, 0.15) is 5.82 Å². The Kier molecular flexibility index (Phi) is 3.54. The number of hydrogen-bond acceptors (Lipinski definition) is 3. The van der Waals surface area contributed by atoms with Crippen LogP contribution in [-0.4, -0.2) is 14.8 Å². The minimum atomic E-state index is 0.515. The van der Waals surface area contributed by atoms with Crippen LogP contribution in [0.25, 0.3) is 5.69 Å². The first-order valence-corrected chi connectivity index (χ1v) is 6.03. The van der Waals surface area contributed by atoms with Gasteiger partial charge >= 0.3 is 0 Å². The van der Waals surface area contributed by atoms with Gasteiger partial charge in [-0.2, -0.15) is 5.10 Å². The van der Waals surface area contributed by atoms with E-state index in [4.69, 9.17) is 5.73 Å². The van der Waals surface area contributed by atoms with E-state index >= 15 is 0 Å². The second-order valence-corrected chi connectivity index (χ2v) is 3.90. The van der Waals surface area contributed by atoms with Gasteiger partial charge in [0.2, 0.25) is 0 Å². The number of aryl methyl sites for hydroxylation is 2. The van der Waals surface area contributed by atoms with Crippen molar-refractivity contribution in [3.05, 3.63) is 41.5 Å². The second kappa shape index (κ2) is 5.10. The molecule has 0 saturated carbocycles. The first-order chi connectivity index (χ1) is 8.30. The van der Waals surface area contributed by atoms with Crippen LogP contribution in [0.15, 0.2) is 24.3 Å². The fraction of sp³-hybridized carbons (Fsp3) is 0.385. The topological polar surface area (TPSA) is 56.7 Å². The monoisotopic (exact) mass is 230 g/mol. The molecule has 0 atom stereocenters. The van der Waals surface area contributed by atoms with E-state index in [1.54, 1.807) is 0 Å². The van der Waals surface area contributed by atoms with Gasteiger partial charge in [0, 0.05) is 19.4 Å². The molecule has 0 aliphatic heterocycles. The lowest BCUT2D eigenvalue weighted by Crippen LogP contribution is -2.08. The summed E-state index contributed by atoms with van der Waals surface area (Å²) >= 11 is 0. The van der Waals surface area contributed by atoms with E-state index in [2.05, 4.69) is 23.9 Å². The number of nitrogens with zero attached hydrogens (tertiary/aromatic N) is 3. The molecule has 0 radical (unpaired) electrons. The molecule has 0 bridgehead atoms. The zero-order chi connectivity index (χ0) is 12.3. The number of para-hydroxylation sites is 1. The Bertz CT molecular complexity index is 502. The summed E-state index contributed by atoms with van der Waals surface area (Å²) in [6.07, 6.45) is 1.72. The summed E-state index contributed by atoms with van der Waals surface area (Å²) in [7, 11) is 0. The predicted molar refractivity (Wildman–Crippen MR) is 68.0 cm³/mol. The normalized spacial score (nSPS) is 10.8. The minimum Gasteiger partial charge on any atom is -0.326 e. The quantitative estimate of drug-likeness (QED) is 0.872. The largest absolute Gasteiger partial charge is 0.326 e. The van der Waals surface area contributed by atoms with Crippen molar-refractivity contribution in [1.29, 1.82) is 0 Å². The summed E-state index contributed by atoms with van der Waals surface area (Å²) in [5, 5.41) is 4.53. The number of rotatable bonds is 4. The lowest BCUT2D eigenvalue weighted by Gasteiger charge is -2.08. The summed E-state index contributed by atoms with van der Waals surface area (Å²) in [4.78, 5) is 4.51. The molecule has 2 N–H and O–H groups in total. The number of aromatic nitrogens is 3. The van der Waals surface area contributed by atoms with Crippen LogP contribution in [0, 0.1) is 0 Å². The number of hydrogen-bond donors (Lipinski definition) is 1. The summed E-state index contributed by atoms with van der Waals surface area (Å²) in [5.41, 5.74) is 7.89. The molecule has 90 valence electrons. The summed E-state index contributed by atoms with van der Waals surface area (Å²) in [6.45, 7) is 4.67. The van der Waals surface area contributed by atoms with E-state index in [1.165, 1.54) is 0 Å². The third-order valence-corrected chi connectivity index (χ3v) is 2.79. The molecular formula is C13H18N4. The Morgan fingerprint density at radius 3 is 2.59 bits per heavy atom. The van der Waals surface area contributed by atoms with Gasteiger partial charge in [0.25, 0.3) is 0 Å². The van der Waals surface area contributed by atoms with Crippen molar-refractivity contribution in [2.45, 2.75) is 33.2 Å². The Balaban J connectivity index is 2.54. The second-order valence-electron chi connectivity index (χ2n) is 3.90. The van der Waals surface area contributed by atoms with Gasteiger partial charge in [0.15, 0.2) is 5.82 Å². The fourth-order valence-electron chi connectivity index (χ4n) is 1.85. The first-order valence-electron chi connectivity index (χ1n) is 6.03. The van der Waals surface area contributed by atoms with Crippen molar-refractivity contribution in [3.63, 3.8) is 0 Å². The van der Waals surface area contributed by atoms with Gasteiger partial charge in [-0.15, -0.1) is 0 Å². The highest BCUT2D eigenvalue weighted by Gasteiger charge is 2.11. The van der Waals surface area contributed by atoms with E-state index in [-0.39, 0.29) is 0 Å². The smallest absolute Gasteiger partial charge is 0.151 e. The molecule has 2 rings (SSSR count). The zero-order valence-corrected chi connectivity index (χ0v) is 10.3. The molecule has 0 fully saturated rings. The molecule has 4 nitrogen and oxygen atoms in total. The van der Waals surface area contributed by atoms with Crippen LogP contribution < -0.4 is 5.73 Å². The zero-order valence-electron chi connectivity index (χ0n) is 10.3. The highest BCUT2D eigenvalue weighted by molar-refractivity contribution is 5.40. The first kappa shape index (κ1) is 11.8. The minimum absolute atomic E-state index is 0.515. The summed E-state index contributed by atoms with van der Waals surface area (Å²) in [6, 6.07) is 8.06. The van der Waals surface area contributed by atoms with Crippen LogP contribution in [0.1, 0.15) is 31.1 Å². The lowest BCUT2D eigenvalue weighted by molar-refractivity contribution is 0.780. The maximum absolute atomic E-state index is 5.76. The van der Waals surface area contributed by atoms with Crippen molar-refractivity contribution in [1.82, 2.24) is 14.8 Å². The van der Waals surface area contributed by atoms with Crippen molar-refractivity contribution < 1.29 is 0 Å². The molecule has 2 aromatic rings. The average molecular weight is 230 g/mol. The van der Waals surface area contributed by atoms with Crippen LogP contribution in [0.5, 0.6) is 0 Å². The van der Waals surface area contributed by atoms with Gasteiger partial charge in [0.05, 0.1) is 5.69 Å². The molecule has 0 aliphatic carbocycles. The van der Waals surface area contributed by atoms with Crippen LogP contribution >= 0.6 is 0 Å². The van der Waals surface area contributed by atoms with E-state index in [1.807, 2.05) is 28.9 Å². The van der Waals surface area contributed by atoms with Gasteiger partial charge in [-0.3, -0.25) is 0 Å². The third kappa shape index (κ3) is 2.22. The maximum atomic E-state index is 5.76. The molecular weight excluding hydrogens is 212 g/mol. The van der Waals surface area contributed by atoms with E-state index in [9.17, 15) is 0 Å². The van der Waals surface area contributed by atoms with Crippen LogP contribution in [0.2, 0.25) is 0 Å². The predicted octanol–water partition coefficient (Wildman–Crippen LogP) is 1.85. The van der Waals surface area contributed by atoms with Crippen molar-refractivity contribution in [2.24, 2.45) is 5.73 Å². The van der Waals surface area contributed by atoms with Gasteiger partial charge < -0.3 is 5.73 Å². The SMILES string of the molecule is CCc1nc(CC)n(-c2ccccc2CN)n1. The molecule has 4 heteroatoms. The maximum Gasteiger partial charge on any atom is 0.151 e. The van der Waals surface area contributed by atoms with Crippen LogP contribution in [-0.2, 0) is 19.4 Å². The van der Waals surface area contributed by atoms with Crippen molar-refractivity contribution in [3.8, 4) is 5.69 Å². The Morgan fingerprint density at radius 1 is 1.18 bits per heavy atom. The number of nitrogens with two attached hydrogens (primary N) is 1. The molecule has 1 heterocycles. The summed E-state index contributed by atoms with van der Waals surface area (Å²) in [5.74, 6) is 1.87. The highest BCUT2D eigenvalue weighted by atomic mass is 15.4. The fourth-order valence-corrected chi connectivity index (χ4v) is 1.85. The highest BCUT2D eigenvalue weighted by Crippen LogP contribution is 2.15. The number of benzene rings is 1. The summed E-state index contributed by atoms with van der Waals surface area (Å²) < 4.78 is 1.92. The standard InChI is InChI=1S/C13H18N4/c1-3-12-15-13(4-2)17(16-12)11-8-6-5-7-10(11)9-14/h5-8H,3-4,9,14H2,1-2H3. The molecule has 1 aromatic carbocycles. The Hall–Kier alpha value is -1.68. The Morgan fingerprint density at radius 2 is 1.94 bits per heavy atom. The lowest BCUT2D eigenvalue weighted by atomic mass is 10.2.